The summed E-state index contributed by atoms with van der Waals surface area (Å²) in [6.45, 7) is 5.59. The average molecular weight is 292 g/mol. The molecule has 116 valence electrons. The monoisotopic (exact) mass is 292 g/mol. The molecule has 0 saturated carbocycles. The Morgan fingerprint density at radius 1 is 1.33 bits per heavy atom. The number of hydrogen-bond acceptors (Lipinski definition) is 4. The fraction of sp³-hybridized carbons (Fsp3) is 0.500. The summed E-state index contributed by atoms with van der Waals surface area (Å²) in [5.41, 5.74) is 7.02. The van der Waals surface area contributed by atoms with Crippen LogP contribution in [0, 0.1) is 0 Å². The standard InChI is InChI=1S/C16H24N2O3/c1-4-16(2,3)18-14(19)11-21-15(20)9-8-12-6-5-7-13(17)10-12/h5-7,10H,4,8-9,11,17H2,1-3H3,(H,18,19). The zero-order chi connectivity index (χ0) is 15.9. The van der Waals surface area contributed by atoms with Gasteiger partial charge in [-0.1, -0.05) is 19.1 Å². The zero-order valence-electron chi connectivity index (χ0n) is 12.9. The van der Waals surface area contributed by atoms with Gasteiger partial charge in [0.15, 0.2) is 6.61 Å². The van der Waals surface area contributed by atoms with Gasteiger partial charge < -0.3 is 15.8 Å². The highest BCUT2D eigenvalue weighted by Gasteiger charge is 2.18. The Kier molecular flexibility index (Phi) is 6.21. The number of carbonyl (C=O) groups is 2. The van der Waals surface area contributed by atoms with Gasteiger partial charge in [-0.25, -0.2) is 0 Å². The van der Waals surface area contributed by atoms with E-state index in [1.807, 2.05) is 39.0 Å². The molecule has 5 heteroatoms. The van der Waals surface area contributed by atoms with E-state index >= 15 is 0 Å². The lowest BCUT2D eigenvalue weighted by molar-refractivity contribution is -0.149. The molecule has 0 aliphatic rings. The van der Waals surface area contributed by atoms with Gasteiger partial charge in [-0.3, -0.25) is 9.59 Å². The van der Waals surface area contributed by atoms with Crippen molar-refractivity contribution in [2.24, 2.45) is 0 Å². The molecule has 0 heterocycles. The Bertz CT molecular complexity index is 498. The van der Waals surface area contributed by atoms with Gasteiger partial charge in [0.05, 0.1) is 0 Å². The van der Waals surface area contributed by atoms with E-state index in [-0.39, 0.29) is 30.4 Å². The van der Waals surface area contributed by atoms with Gasteiger partial charge >= 0.3 is 5.97 Å². The molecule has 0 bridgehead atoms. The van der Waals surface area contributed by atoms with Crippen LogP contribution in [0.1, 0.15) is 39.2 Å². The summed E-state index contributed by atoms with van der Waals surface area (Å²) in [6.07, 6.45) is 1.59. The third-order valence-corrected chi connectivity index (χ3v) is 3.29. The number of benzene rings is 1. The van der Waals surface area contributed by atoms with Crippen molar-refractivity contribution in [3.8, 4) is 0 Å². The van der Waals surface area contributed by atoms with Crippen molar-refractivity contribution in [3.05, 3.63) is 29.8 Å². The molecule has 0 aliphatic carbocycles. The van der Waals surface area contributed by atoms with Crippen LogP contribution in [0.25, 0.3) is 0 Å². The summed E-state index contributed by atoms with van der Waals surface area (Å²) in [4.78, 5) is 23.2. The number of rotatable bonds is 7. The number of nitrogens with one attached hydrogen (secondary N) is 1. The van der Waals surface area contributed by atoms with Gasteiger partial charge in [-0.05, 0) is 44.4 Å². The Labute approximate surface area is 125 Å². The van der Waals surface area contributed by atoms with Crippen molar-refractivity contribution in [2.45, 2.75) is 45.6 Å². The predicted molar refractivity (Wildman–Crippen MR) is 82.6 cm³/mol. The van der Waals surface area contributed by atoms with Crippen LogP contribution in [0.3, 0.4) is 0 Å². The molecular formula is C16H24N2O3. The van der Waals surface area contributed by atoms with E-state index < -0.39 is 0 Å². The number of aryl methyl sites for hydroxylation is 1. The molecule has 1 amide bonds. The van der Waals surface area contributed by atoms with Crippen LogP contribution in [0.5, 0.6) is 0 Å². The third-order valence-electron chi connectivity index (χ3n) is 3.29. The fourth-order valence-electron chi connectivity index (χ4n) is 1.72. The van der Waals surface area contributed by atoms with Crippen molar-refractivity contribution in [2.75, 3.05) is 12.3 Å². The fourth-order valence-corrected chi connectivity index (χ4v) is 1.72. The number of ether oxygens (including phenoxy) is 1. The minimum Gasteiger partial charge on any atom is -0.456 e. The van der Waals surface area contributed by atoms with E-state index in [1.165, 1.54) is 0 Å². The molecule has 0 spiro atoms. The summed E-state index contributed by atoms with van der Waals surface area (Å²) in [5.74, 6) is -0.666. The normalized spacial score (nSPS) is 11.0. The van der Waals surface area contributed by atoms with Crippen LogP contribution in [-0.2, 0) is 20.7 Å². The second-order valence-corrected chi connectivity index (χ2v) is 5.69. The smallest absolute Gasteiger partial charge is 0.306 e. The molecule has 0 aliphatic heterocycles. The van der Waals surface area contributed by atoms with E-state index in [4.69, 9.17) is 10.5 Å². The molecule has 0 aromatic heterocycles. The SMILES string of the molecule is CCC(C)(C)NC(=O)COC(=O)CCc1cccc(N)c1. The largest absolute Gasteiger partial charge is 0.456 e. The van der Waals surface area contributed by atoms with E-state index in [9.17, 15) is 9.59 Å². The molecule has 1 aromatic carbocycles. The van der Waals surface area contributed by atoms with Crippen LogP contribution in [0.15, 0.2) is 24.3 Å². The highest BCUT2D eigenvalue weighted by molar-refractivity contribution is 5.81. The lowest BCUT2D eigenvalue weighted by Gasteiger charge is -2.24. The highest BCUT2D eigenvalue weighted by Crippen LogP contribution is 2.09. The van der Waals surface area contributed by atoms with Crippen LogP contribution < -0.4 is 11.1 Å². The first-order valence-electron chi connectivity index (χ1n) is 7.13. The first kappa shape index (κ1) is 17.0. The van der Waals surface area contributed by atoms with Crippen LogP contribution in [0.4, 0.5) is 5.69 Å². The number of hydrogen-bond donors (Lipinski definition) is 2. The number of amides is 1. The number of carbonyl (C=O) groups excluding carboxylic acids is 2. The zero-order valence-corrected chi connectivity index (χ0v) is 12.9. The molecule has 3 N–H and O–H groups in total. The van der Waals surface area contributed by atoms with Gasteiger partial charge in [-0.2, -0.15) is 0 Å². The van der Waals surface area contributed by atoms with Crippen LogP contribution >= 0.6 is 0 Å². The van der Waals surface area contributed by atoms with Crippen molar-refractivity contribution >= 4 is 17.6 Å². The molecule has 0 saturated heterocycles. The van der Waals surface area contributed by atoms with E-state index in [1.54, 1.807) is 6.07 Å². The van der Waals surface area contributed by atoms with E-state index in [0.717, 1.165) is 12.0 Å². The third kappa shape index (κ3) is 6.79. The first-order valence-corrected chi connectivity index (χ1v) is 7.13. The minimum atomic E-state index is -0.387. The lowest BCUT2D eigenvalue weighted by Crippen LogP contribution is -2.44. The molecule has 0 atom stereocenters. The first-order chi connectivity index (χ1) is 9.82. The van der Waals surface area contributed by atoms with Crippen LogP contribution in [0.2, 0.25) is 0 Å². The van der Waals surface area contributed by atoms with Crippen molar-refractivity contribution in [1.82, 2.24) is 5.32 Å². The molecular weight excluding hydrogens is 268 g/mol. The summed E-state index contributed by atoms with van der Waals surface area (Å²) in [7, 11) is 0. The molecule has 1 aromatic rings. The summed E-state index contributed by atoms with van der Waals surface area (Å²) < 4.78 is 4.96. The maximum absolute atomic E-state index is 11.6. The van der Waals surface area contributed by atoms with Crippen molar-refractivity contribution in [3.63, 3.8) is 0 Å². The molecule has 0 fully saturated rings. The summed E-state index contributed by atoms with van der Waals surface area (Å²) in [6, 6.07) is 7.36. The Morgan fingerprint density at radius 3 is 2.67 bits per heavy atom. The van der Waals surface area contributed by atoms with E-state index in [0.29, 0.717) is 12.1 Å². The molecule has 0 unspecified atom stereocenters. The highest BCUT2D eigenvalue weighted by atomic mass is 16.5. The van der Waals surface area contributed by atoms with Gasteiger partial charge in [-0.15, -0.1) is 0 Å². The second kappa shape index (κ2) is 7.67. The minimum absolute atomic E-state index is 0.230. The second-order valence-electron chi connectivity index (χ2n) is 5.69. The molecule has 21 heavy (non-hydrogen) atoms. The number of nitrogens with two attached hydrogens (primary N) is 1. The number of esters is 1. The molecule has 1 rings (SSSR count). The topological polar surface area (TPSA) is 81.4 Å². The maximum atomic E-state index is 11.6. The molecule has 5 nitrogen and oxygen atoms in total. The number of anilines is 1. The summed E-state index contributed by atoms with van der Waals surface area (Å²) in [5, 5.41) is 2.81. The average Bonchev–Trinajstić information content (AvgIpc) is 2.42. The van der Waals surface area contributed by atoms with Gasteiger partial charge in [0.1, 0.15) is 0 Å². The maximum Gasteiger partial charge on any atom is 0.306 e. The Hall–Kier alpha value is -2.04. The Morgan fingerprint density at radius 2 is 2.05 bits per heavy atom. The van der Waals surface area contributed by atoms with Crippen molar-refractivity contribution in [1.29, 1.82) is 0 Å². The lowest BCUT2D eigenvalue weighted by atomic mass is 10.0. The van der Waals surface area contributed by atoms with E-state index in [2.05, 4.69) is 5.32 Å². The van der Waals surface area contributed by atoms with Crippen LogP contribution in [-0.4, -0.2) is 24.0 Å². The molecule has 0 radical (unpaired) electrons. The van der Waals surface area contributed by atoms with Gasteiger partial charge in [0, 0.05) is 17.6 Å². The Balaban J connectivity index is 2.30. The summed E-state index contributed by atoms with van der Waals surface area (Å²) >= 11 is 0. The van der Waals surface area contributed by atoms with Crippen molar-refractivity contribution < 1.29 is 14.3 Å². The quantitative estimate of drug-likeness (QED) is 0.595. The predicted octanol–water partition coefficient (Wildman–Crippen LogP) is 2.05. The number of nitrogen functional groups attached to an aromatic ring is 1. The van der Waals surface area contributed by atoms with Gasteiger partial charge in [0.2, 0.25) is 0 Å². The van der Waals surface area contributed by atoms with Gasteiger partial charge in [0.25, 0.3) is 5.91 Å².